The number of rotatable bonds is 2. The number of amides is 3. The molecule has 2 aliphatic heterocycles. The summed E-state index contributed by atoms with van der Waals surface area (Å²) >= 11 is 0. The Labute approximate surface area is 102 Å². The van der Waals surface area contributed by atoms with Gasteiger partial charge in [-0.3, -0.25) is 10.1 Å². The van der Waals surface area contributed by atoms with Crippen LogP contribution < -0.4 is 10.7 Å². The van der Waals surface area contributed by atoms with E-state index in [1.54, 1.807) is 0 Å². The van der Waals surface area contributed by atoms with Crippen LogP contribution in [0.3, 0.4) is 0 Å². The molecule has 0 unspecified atom stereocenters. The molecule has 0 bridgehead atoms. The van der Waals surface area contributed by atoms with Crippen LogP contribution in [0.25, 0.3) is 0 Å². The zero-order valence-electron chi connectivity index (χ0n) is 9.66. The summed E-state index contributed by atoms with van der Waals surface area (Å²) in [5.41, 5.74) is 0.710. The van der Waals surface area contributed by atoms with E-state index < -0.39 is 42.6 Å². The van der Waals surface area contributed by atoms with Crippen LogP contribution in [0.5, 0.6) is 0 Å². The second-order valence-corrected chi connectivity index (χ2v) is 4.44. The zero-order chi connectivity index (χ0) is 13.5. The van der Waals surface area contributed by atoms with E-state index in [4.69, 9.17) is 9.84 Å². The summed E-state index contributed by atoms with van der Waals surface area (Å²) in [6.45, 7) is 0.632. The van der Waals surface area contributed by atoms with Crippen LogP contribution in [0.2, 0.25) is 0 Å². The van der Waals surface area contributed by atoms with Crippen LogP contribution >= 0.6 is 0 Å². The first-order chi connectivity index (χ1) is 8.37. The molecular weight excluding hydrogens is 246 g/mol. The molecule has 5 N–H and O–H groups in total. The second-order valence-electron chi connectivity index (χ2n) is 4.44. The van der Waals surface area contributed by atoms with Crippen molar-refractivity contribution in [2.45, 2.75) is 31.0 Å². The first-order valence-corrected chi connectivity index (χ1v) is 5.41. The Bertz CT molecular complexity index is 373. The molecule has 102 valence electrons. The van der Waals surface area contributed by atoms with Crippen molar-refractivity contribution < 1.29 is 29.6 Å². The Morgan fingerprint density at radius 2 is 2.22 bits per heavy atom. The van der Waals surface area contributed by atoms with Gasteiger partial charge in [-0.25, -0.2) is 15.2 Å². The summed E-state index contributed by atoms with van der Waals surface area (Å²) in [5, 5.41) is 31.8. The normalized spacial score (nSPS) is 41.1. The molecule has 0 spiro atoms. The fraction of sp³-hybridized carbons (Fsp3) is 0.778. The molecule has 4 atom stereocenters. The number of nitrogens with one attached hydrogen (secondary N) is 2. The van der Waals surface area contributed by atoms with E-state index in [1.165, 1.54) is 6.92 Å². The first kappa shape index (κ1) is 13.2. The third-order valence-corrected chi connectivity index (χ3v) is 3.04. The molecule has 0 saturated carbocycles. The van der Waals surface area contributed by atoms with Crippen molar-refractivity contribution in [3.63, 3.8) is 0 Å². The first-order valence-electron chi connectivity index (χ1n) is 5.41. The molecule has 0 aromatic carbocycles. The predicted molar refractivity (Wildman–Crippen MR) is 55.8 cm³/mol. The largest absolute Gasteiger partial charge is 0.394 e. The number of imide groups is 1. The smallest absolute Gasteiger partial charge is 0.340 e. The standard InChI is InChI=1S/C9H15N3O6/c1-9(17)6(15)4(3-13)18-7(9)12-8(16)11-5(14)2-10-12/h4,6-7,10,13,15,17H,2-3H2,1H3,(H,11,14,16)/t4-,6-,7-,9-/m1/s1. The minimum atomic E-state index is -1.77. The number of hydrazine groups is 1. The number of aliphatic hydroxyl groups excluding tert-OH is 2. The molecule has 0 radical (unpaired) electrons. The van der Waals surface area contributed by atoms with Gasteiger partial charge in [0.05, 0.1) is 13.2 Å². The number of hydrogen-bond donors (Lipinski definition) is 5. The average molecular weight is 261 g/mol. The Kier molecular flexibility index (Phi) is 3.25. The lowest BCUT2D eigenvalue weighted by Crippen LogP contribution is -2.66. The molecule has 18 heavy (non-hydrogen) atoms. The van der Waals surface area contributed by atoms with E-state index in [0.29, 0.717) is 0 Å². The highest BCUT2D eigenvalue weighted by molar-refractivity contribution is 5.97. The van der Waals surface area contributed by atoms with E-state index in [0.717, 1.165) is 5.01 Å². The molecule has 2 aliphatic rings. The summed E-state index contributed by atoms with van der Waals surface area (Å²) in [5.74, 6) is -0.506. The molecule has 0 aromatic rings. The molecule has 0 aromatic heterocycles. The number of urea groups is 1. The number of ether oxygens (including phenoxy) is 1. The minimum Gasteiger partial charge on any atom is -0.394 e. The van der Waals surface area contributed by atoms with Crippen LogP contribution in [0.1, 0.15) is 6.92 Å². The van der Waals surface area contributed by atoms with Crippen LogP contribution in [-0.2, 0) is 9.53 Å². The highest BCUT2D eigenvalue weighted by atomic mass is 16.6. The van der Waals surface area contributed by atoms with Crippen molar-refractivity contribution in [1.29, 1.82) is 0 Å². The molecule has 0 aliphatic carbocycles. The summed E-state index contributed by atoms with van der Waals surface area (Å²) in [6.07, 6.45) is -3.56. The Hall–Kier alpha value is -1.26. The number of carbonyl (C=O) groups is 2. The van der Waals surface area contributed by atoms with E-state index >= 15 is 0 Å². The third-order valence-electron chi connectivity index (χ3n) is 3.04. The average Bonchev–Trinajstić information content (AvgIpc) is 2.52. The van der Waals surface area contributed by atoms with Crippen molar-refractivity contribution in [2.75, 3.05) is 13.2 Å². The zero-order valence-corrected chi connectivity index (χ0v) is 9.66. The Morgan fingerprint density at radius 3 is 2.72 bits per heavy atom. The molecule has 9 heteroatoms. The van der Waals surface area contributed by atoms with Crippen molar-refractivity contribution >= 4 is 11.9 Å². The monoisotopic (exact) mass is 261 g/mol. The van der Waals surface area contributed by atoms with E-state index in [1.807, 2.05) is 5.32 Å². The van der Waals surface area contributed by atoms with Gasteiger partial charge in [0.25, 0.3) is 0 Å². The number of hydrogen-bond acceptors (Lipinski definition) is 7. The lowest BCUT2D eigenvalue weighted by Gasteiger charge is -2.37. The topological polar surface area (TPSA) is 131 Å². The molecule has 3 amide bonds. The maximum absolute atomic E-state index is 11.6. The molecule has 9 nitrogen and oxygen atoms in total. The van der Waals surface area contributed by atoms with Gasteiger partial charge in [0, 0.05) is 0 Å². The van der Waals surface area contributed by atoms with Crippen LogP contribution in [-0.4, -0.2) is 69.5 Å². The lowest BCUT2D eigenvalue weighted by atomic mass is 9.96. The second kappa shape index (κ2) is 4.44. The summed E-state index contributed by atoms with van der Waals surface area (Å²) in [6, 6.07) is -0.790. The Morgan fingerprint density at radius 1 is 1.56 bits per heavy atom. The highest BCUT2D eigenvalue weighted by Gasteiger charge is 2.56. The van der Waals surface area contributed by atoms with Gasteiger partial charge >= 0.3 is 6.03 Å². The Balaban J connectivity index is 2.18. The quantitative estimate of drug-likeness (QED) is 0.355. The van der Waals surface area contributed by atoms with Crippen molar-refractivity contribution in [1.82, 2.24) is 15.8 Å². The number of nitrogens with zero attached hydrogens (tertiary/aromatic N) is 1. The number of carbonyl (C=O) groups excluding carboxylic acids is 2. The van der Waals surface area contributed by atoms with Crippen molar-refractivity contribution in [3.05, 3.63) is 0 Å². The van der Waals surface area contributed by atoms with Crippen LogP contribution in [0.4, 0.5) is 4.79 Å². The SMILES string of the molecule is C[C@@]1(O)[C@H](O)[C@@H](CO)O[C@H]1N1NCC(=O)NC1=O. The fourth-order valence-electron chi connectivity index (χ4n) is 2.01. The van der Waals surface area contributed by atoms with Gasteiger partial charge in [-0.1, -0.05) is 0 Å². The van der Waals surface area contributed by atoms with Crippen molar-refractivity contribution in [3.8, 4) is 0 Å². The van der Waals surface area contributed by atoms with E-state index in [2.05, 4.69) is 5.43 Å². The summed E-state index contributed by atoms with van der Waals surface area (Å²) < 4.78 is 5.22. The fourth-order valence-corrected chi connectivity index (χ4v) is 2.01. The van der Waals surface area contributed by atoms with Gasteiger partial charge in [0.1, 0.15) is 17.8 Å². The number of aliphatic hydroxyl groups is 3. The summed E-state index contributed by atoms with van der Waals surface area (Å²) in [7, 11) is 0. The van der Waals surface area contributed by atoms with E-state index in [9.17, 15) is 19.8 Å². The van der Waals surface area contributed by atoms with Gasteiger partial charge < -0.3 is 20.1 Å². The minimum absolute atomic E-state index is 0.151. The lowest BCUT2D eigenvalue weighted by molar-refractivity contribution is -0.144. The molecular formula is C9H15N3O6. The molecule has 2 fully saturated rings. The maximum atomic E-state index is 11.6. The molecule has 2 rings (SSSR count). The van der Waals surface area contributed by atoms with Gasteiger partial charge in [-0.05, 0) is 6.92 Å². The van der Waals surface area contributed by atoms with Crippen molar-refractivity contribution in [2.24, 2.45) is 0 Å². The van der Waals surface area contributed by atoms with Crippen LogP contribution in [0, 0.1) is 0 Å². The van der Waals surface area contributed by atoms with Gasteiger partial charge in [0.2, 0.25) is 5.91 Å². The van der Waals surface area contributed by atoms with Gasteiger partial charge in [-0.15, -0.1) is 0 Å². The highest BCUT2D eigenvalue weighted by Crippen LogP contribution is 2.32. The van der Waals surface area contributed by atoms with Gasteiger partial charge in [-0.2, -0.15) is 0 Å². The van der Waals surface area contributed by atoms with Gasteiger partial charge in [0.15, 0.2) is 6.23 Å². The summed E-state index contributed by atoms with van der Waals surface area (Å²) in [4.78, 5) is 22.5. The van der Waals surface area contributed by atoms with E-state index in [-0.39, 0.29) is 6.54 Å². The maximum Gasteiger partial charge on any atom is 0.340 e. The third kappa shape index (κ3) is 1.95. The van der Waals surface area contributed by atoms with Crippen LogP contribution in [0.15, 0.2) is 0 Å². The molecule has 2 heterocycles. The molecule has 2 saturated heterocycles. The predicted octanol–water partition coefficient (Wildman–Crippen LogP) is -3.13.